The molecule has 0 saturated carbocycles. The fraction of sp³-hybridized carbons (Fsp3) is 0.182. The van der Waals surface area contributed by atoms with Crippen molar-refractivity contribution in [2.24, 2.45) is 0 Å². The van der Waals surface area contributed by atoms with Crippen molar-refractivity contribution in [2.45, 2.75) is 26.2 Å². The highest BCUT2D eigenvalue weighted by Crippen LogP contribution is 2.37. The first-order valence-corrected chi connectivity index (χ1v) is 8.20. The van der Waals surface area contributed by atoms with Crippen molar-refractivity contribution in [1.29, 1.82) is 0 Å². The SMILES string of the molecule is CC(C)c1cccc2c1C=C(c1ccc(-c3ccccc3)o1)C2. The topological polar surface area (TPSA) is 13.1 Å². The van der Waals surface area contributed by atoms with Gasteiger partial charge in [0, 0.05) is 12.0 Å². The minimum absolute atomic E-state index is 0.539. The molecule has 3 aromatic rings. The lowest BCUT2D eigenvalue weighted by atomic mass is 9.95. The molecule has 1 heteroatoms. The van der Waals surface area contributed by atoms with Crippen LogP contribution >= 0.6 is 0 Å². The Hall–Kier alpha value is -2.54. The van der Waals surface area contributed by atoms with Crippen LogP contribution in [-0.2, 0) is 6.42 Å². The highest BCUT2D eigenvalue weighted by molar-refractivity contribution is 5.88. The second-order valence-corrected chi connectivity index (χ2v) is 6.45. The molecule has 0 spiro atoms. The molecular weight excluding hydrogens is 280 g/mol. The molecule has 23 heavy (non-hydrogen) atoms. The van der Waals surface area contributed by atoms with Crippen molar-refractivity contribution in [2.75, 3.05) is 0 Å². The van der Waals surface area contributed by atoms with Gasteiger partial charge in [0.05, 0.1) is 0 Å². The number of rotatable bonds is 3. The van der Waals surface area contributed by atoms with Gasteiger partial charge in [0.15, 0.2) is 0 Å². The molecule has 114 valence electrons. The summed E-state index contributed by atoms with van der Waals surface area (Å²) in [7, 11) is 0. The fourth-order valence-corrected chi connectivity index (χ4v) is 3.32. The van der Waals surface area contributed by atoms with Crippen molar-refractivity contribution in [1.82, 2.24) is 0 Å². The van der Waals surface area contributed by atoms with E-state index in [-0.39, 0.29) is 0 Å². The molecule has 1 aliphatic carbocycles. The van der Waals surface area contributed by atoms with E-state index in [1.165, 1.54) is 22.3 Å². The maximum atomic E-state index is 6.12. The average Bonchev–Trinajstić information content (AvgIpc) is 3.21. The number of hydrogen-bond acceptors (Lipinski definition) is 1. The molecule has 0 aliphatic heterocycles. The van der Waals surface area contributed by atoms with Crippen LogP contribution < -0.4 is 0 Å². The Kier molecular flexibility index (Phi) is 3.42. The Morgan fingerprint density at radius 2 is 1.61 bits per heavy atom. The van der Waals surface area contributed by atoms with Crippen LogP contribution in [0.15, 0.2) is 65.1 Å². The van der Waals surface area contributed by atoms with Gasteiger partial charge in [-0.15, -0.1) is 0 Å². The molecule has 0 amide bonds. The predicted molar refractivity (Wildman–Crippen MR) is 96.3 cm³/mol. The lowest BCUT2D eigenvalue weighted by molar-refractivity contribution is 0.566. The molecule has 1 heterocycles. The molecule has 0 atom stereocenters. The third kappa shape index (κ3) is 2.53. The van der Waals surface area contributed by atoms with Crippen molar-refractivity contribution < 1.29 is 4.42 Å². The standard InChI is InChI=1S/C22H20O/c1-15(2)19-10-6-9-17-13-18(14-20(17)19)22-12-11-21(23-22)16-7-4-3-5-8-16/h3-12,14-15H,13H2,1-2H3. The molecular formula is C22H20O. The van der Waals surface area contributed by atoms with E-state index in [4.69, 9.17) is 4.42 Å². The minimum atomic E-state index is 0.539. The van der Waals surface area contributed by atoms with Gasteiger partial charge in [-0.2, -0.15) is 0 Å². The van der Waals surface area contributed by atoms with Gasteiger partial charge in [-0.3, -0.25) is 0 Å². The maximum absolute atomic E-state index is 6.12. The van der Waals surface area contributed by atoms with Gasteiger partial charge < -0.3 is 4.42 Å². The lowest BCUT2D eigenvalue weighted by Gasteiger charge is -2.10. The average molecular weight is 300 g/mol. The van der Waals surface area contributed by atoms with Gasteiger partial charge in [-0.05, 0) is 46.4 Å². The van der Waals surface area contributed by atoms with Crippen LogP contribution in [0, 0.1) is 0 Å². The minimum Gasteiger partial charge on any atom is -0.456 e. The van der Waals surface area contributed by atoms with Crippen molar-refractivity contribution >= 4 is 11.6 Å². The third-order valence-electron chi connectivity index (χ3n) is 4.53. The number of benzene rings is 2. The number of allylic oxidation sites excluding steroid dienone is 1. The van der Waals surface area contributed by atoms with E-state index in [9.17, 15) is 0 Å². The summed E-state index contributed by atoms with van der Waals surface area (Å²) in [4.78, 5) is 0. The van der Waals surface area contributed by atoms with E-state index < -0.39 is 0 Å². The van der Waals surface area contributed by atoms with Gasteiger partial charge >= 0.3 is 0 Å². The van der Waals surface area contributed by atoms with Gasteiger partial charge in [-0.1, -0.05) is 62.4 Å². The molecule has 0 unspecified atom stereocenters. The first kappa shape index (κ1) is 14.1. The van der Waals surface area contributed by atoms with E-state index in [1.807, 2.05) is 18.2 Å². The summed E-state index contributed by atoms with van der Waals surface area (Å²) < 4.78 is 6.12. The fourth-order valence-electron chi connectivity index (χ4n) is 3.32. The van der Waals surface area contributed by atoms with E-state index in [1.54, 1.807) is 0 Å². The predicted octanol–water partition coefficient (Wildman–Crippen LogP) is 6.17. The van der Waals surface area contributed by atoms with Crippen LogP contribution in [-0.4, -0.2) is 0 Å². The molecule has 0 bridgehead atoms. The van der Waals surface area contributed by atoms with Gasteiger partial charge in [0.1, 0.15) is 11.5 Å². The Labute approximate surface area is 137 Å². The Balaban J connectivity index is 1.69. The summed E-state index contributed by atoms with van der Waals surface area (Å²) >= 11 is 0. The molecule has 0 saturated heterocycles. The van der Waals surface area contributed by atoms with Crippen LogP contribution in [0.25, 0.3) is 23.0 Å². The summed E-state index contributed by atoms with van der Waals surface area (Å²) in [6, 6.07) is 21.1. The molecule has 1 aliphatic rings. The quantitative estimate of drug-likeness (QED) is 0.564. The molecule has 4 rings (SSSR count). The monoisotopic (exact) mass is 300 g/mol. The molecule has 0 fully saturated rings. The number of hydrogen-bond donors (Lipinski definition) is 0. The van der Waals surface area contributed by atoms with Crippen LogP contribution in [0.3, 0.4) is 0 Å². The molecule has 0 radical (unpaired) electrons. The van der Waals surface area contributed by atoms with Crippen LogP contribution in [0.1, 0.15) is 42.2 Å². The van der Waals surface area contributed by atoms with E-state index >= 15 is 0 Å². The summed E-state index contributed by atoms with van der Waals surface area (Å²) in [6.45, 7) is 4.50. The zero-order valence-electron chi connectivity index (χ0n) is 13.5. The molecule has 2 aromatic carbocycles. The van der Waals surface area contributed by atoms with Crippen molar-refractivity contribution in [3.63, 3.8) is 0 Å². The van der Waals surface area contributed by atoms with E-state index in [0.717, 1.165) is 23.5 Å². The van der Waals surface area contributed by atoms with Crippen LogP contribution in [0.2, 0.25) is 0 Å². The van der Waals surface area contributed by atoms with Gasteiger partial charge in [-0.25, -0.2) is 0 Å². The largest absolute Gasteiger partial charge is 0.456 e. The molecule has 1 aromatic heterocycles. The first-order valence-electron chi connectivity index (χ1n) is 8.20. The third-order valence-corrected chi connectivity index (χ3v) is 4.53. The Bertz CT molecular complexity index is 866. The molecule has 1 nitrogen and oxygen atoms in total. The smallest absolute Gasteiger partial charge is 0.134 e. The Morgan fingerprint density at radius 1 is 0.826 bits per heavy atom. The number of fused-ring (bicyclic) bond motifs is 1. The Morgan fingerprint density at radius 3 is 2.39 bits per heavy atom. The van der Waals surface area contributed by atoms with E-state index in [2.05, 4.69) is 62.4 Å². The summed E-state index contributed by atoms with van der Waals surface area (Å²) in [5, 5.41) is 0. The number of furan rings is 1. The summed E-state index contributed by atoms with van der Waals surface area (Å²) in [6.07, 6.45) is 3.26. The summed E-state index contributed by atoms with van der Waals surface area (Å²) in [5.41, 5.74) is 6.61. The second-order valence-electron chi connectivity index (χ2n) is 6.45. The maximum Gasteiger partial charge on any atom is 0.134 e. The molecule has 0 N–H and O–H groups in total. The van der Waals surface area contributed by atoms with Gasteiger partial charge in [0.25, 0.3) is 0 Å². The highest BCUT2D eigenvalue weighted by atomic mass is 16.3. The second kappa shape index (κ2) is 5.58. The summed E-state index contributed by atoms with van der Waals surface area (Å²) in [5.74, 6) is 2.45. The first-order chi connectivity index (χ1) is 11.2. The van der Waals surface area contributed by atoms with E-state index in [0.29, 0.717) is 5.92 Å². The van der Waals surface area contributed by atoms with Crippen LogP contribution in [0.5, 0.6) is 0 Å². The highest BCUT2D eigenvalue weighted by Gasteiger charge is 2.20. The lowest BCUT2D eigenvalue weighted by Crippen LogP contribution is -1.93. The zero-order chi connectivity index (χ0) is 15.8. The normalized spacial score (nSPS) is 13.3. The van der Waals surface area contributed by atoms with Crippen LogP contribution in [0.4, 0.5) is 0 Å². The van der Waals surface area contributed by atoms with Gasteiger partial charge in [0.2, 0.25) is 0 Å². The van der Waals surface area contributed by atoms with Crippen molar-refractivity contribution in [3.05, 3.63) is 83.1 Å². The zero-order valence-corrected chi connectivity index (χ0v) is 13.5. The van der Waals surface area contributed by atoms with Crippen molar-refractivity contribution in [3.8, 4) is 11.3 Å².